The molecule has 1 unspecified atom stereocenters. The Balaban J connectivity index is 2.42. The molecule has 1 nitrogen and oxygen atoms in total. The summed E-state index contributed by atoms with van der Waals surface area (Å²) in [5.41, 5.74) is -0.448. The summed E-state index contributed by atoms with van der Waals surface area (Å²) in [5.74, 6) is 0.882. The van der Waals surface area contributed by atoms with Gasteiger partial charge < -0.3 is 5.11 Å². The lowest BCUT2D eigenvalue weighted by Crippen LogP contribution is -2.42. The van der Waals surface area contributed by atoms with E-state index in [9.17, 15) is 5.11 Å². The van der Waals surface area contributed by atoms with Crippen molar-refractivity contribution in [3.05, 3.63) is 0 Å². The van der Waals surface area contributed by atoms with Crippen LogP contribution < -0.4 is 0 Å². The van der Waals surface area contributed by atoms with Crippen molar-refractivity contribution in [2.75, 3.05) is 0 Å². The van der Waals surface area contributed by atoms with Crippen LogP contribution >= 0.6 is 0 Å². The van der Waals surface area contributed by atoms with E-state index in [2.05, 4.69) is 20.8 Å². The molecule has 1 aliphatic rings. The zero-order valence-electron chi connectivity index (χ0n) is 12.4. The van der Waals surface area contributed by atoms with Crippen LogP contribution in [-0.4, -0.2) is 10.7 Å². The molecule has 0 spiro atoms. The minimum Gasteiger partial charge on any atom is -0.390 e. The fourth-order valence-corrected chi connectivity index (χ4v) is 3.19. The highest BCUT2D eigenvalue weighted by molar-refractivity contribution is 4.89. The molecule has 0 radical (unpaired) electrons. The molecule has 1 rings (SSSR count). The normalized spacial score (nSPS) is 22.4. The van der Waals surface area contributed by atoms with E-state index < -0.39 is 5.60 Å². The van der Waals surface area contributed by atoms with Gasteiger partial charge in [0.05, 0.1) is 5.60 Å². The largest absolute Gasteiger partial charge is 0.390 e. The summed E-state index contributed by atoms with van der Waals surface area (Å²) < 4.78 is 0. The minimum absolute atomic E-state index is 0.0520. The molecule has 1 N–H and O–H groups in total. The molecular formula is C16H32O. The average Bonchev–Trinajstić information content (AvgIpc) is 2.28. The van der Waals surface area contributed by atoms with Crippen molar-refractivity contribution in [2.24, 2.45) is 11.3 Å². The lowest BCUT2D eigenvalue weighted by Gasteiger charge is -2.41. The van der Waals surface area contributed by atoms with Gasteiger partial charge in [0.25, 0.3) is 0 Å². The minimum atomic E-state index is -0.500. The molecule has 1 heteroatoms. The molecule has 1 atom stereocenters. The SMILES string of the molecule is CCCC(C)(C)C(C)(O)CCC1CCCCC1. The predicted molar refractivity (Wildman–Crippen MR) is 75.1 cm³/mol. The summed E-state index contributed by atoms with van der Waals surface area (Å²) in [6, 6.07) is 0. The van der Waals surface area contributed by atoms with E-state index in [1.165, 1.54) is 38.5 Å². The quantitative estimate of drug-likeness (QED) is 0.698. The summed E-state index contributed by atoms with van der Waals surface area (Å²) >= 11 is 0. The van der Waals surface area contributed by atoms with Gasteiger partial charge in [-0.1, -0.05) is 59.3 Å². The van der Waals surface area contributed by atoms with Gasteiger partial charge in [0.2, 0.25) is 0 Å². The van der Waals surface area contributed by atoms with Crippen LogP contribution in [0.3, 0.4) is 0 Å². The lowest BCUT2D eigenvalue weighted by atomic mass is 9.69. The van der Waals surface area contributed by atoms with Crippen LogP contribution in [0.4, 0.5) is 0 Å². The van der Waals surface area contributed by atoms with Gasteiger partial charge in [0.1, 0.15) is 0 Å². The third kappa shape index (κ3) is 4.28. The van der Waals surface area contributed by atoms with Crippen LogP contribution in [0.5, 0.6) is 0 Å². The topological polar surface area (TPSA) is 20.2 Å². The number of rotatable bonds is 6. The molecular weight excluding hydrogens is 208 g/mol. The molecule has 0 aromatic carbocycles. The van der Waals surface area contributed by atoms with Gasteiger partial charge >= 0.3 is 0 Å². The predicted octanol–water partition coefficient (Wildman–Crippen LogP) is 4.92. The highest BCUT2D eigenvalue weighted by atomic mass is 16.3. The maximum Gasteiger partial charge on any atom is 0.0670 e. The molecule has 17 heavy (non-hydrogen) atoms. The van der Waals surface area contributed by atoms with Gasteiger partial charge in [-0.05, 0) is 37.5 Å². The van der Waals surface area contributed by atoms with E-state index in [1.807, 2.05) is 6.92 Å². The van der Waals surface area contributed by atoms with E-state index in [4.69, 9.17) is 0 Å². The third-order valence-corrected chi connectivity index (χ3v) is 5.10. The monoisotopic (exact) mass is 240 g/mol. The van der Waals surface area contributed by atoms with Crippen molar-refractivity contribution in [3.63, 3.8) is 0 Å². The first kappa shape index (κ1) is 15.0. The van der Waals surface area contributed by atoms with E-state index in [0.717, 1.165) is 25.2 Å². The van der Waals surface area contributed by atoms with Gasteiger partial charge in [-0.15, -0.1) is 0 Å². The molecule has 1 aliphatic carbocycles. The first-order chi connectivity index (χ1) is 7.89. The maximum absolute atomic E-state index is 10.7. The summed E-state index contributed by atoms with van der Waals surface area (Å²) in [6.07, 6.45) is 11.5. The van der Waals surface area contributed by atoms with Crippen LogP contribution in [0.25, 0.3) is 0 Å². The Labute approximate surface area is 108 Å². The van der Waals surface area contributed by atoms with Crippen molar-refractivity contribution >= 4 is 0 Å². The number of aliphatic hydroxyl groups is 1. The van der Waals surface area contributed by atoms with Crippen molar-refractivity contribution in [2.45, 2.75) is 91.1 Å². The van der Waals surface area contributed by atoms with Crippen LogP contribution in [0, 0.1) is 11.3 Å². The zero-order valence-corrected chi connectivity index (χ0v) is 12.4. The smallest absolute Gasteiger partial charge is 0.0670 e. The number of hydrogen-bond acceptors (Lipinski definition) is 1. The second-order valence-corrected chi connectivity index (χ2v) is 6.95. The van der Waals surface area contributed by atoms with Crippen molar-refractivity contribution in [3.8, 4) is 0 Å². The van der Waals surface area contributed by atoms with Crippen LogP contribution in [-0.2, 0) is 0 Å². The Morgan fingerprint density at radius 2 is 1.59 bits per heavy atom. The Hall–Kier alpha value is -0.0400. The van der Waals surface area contributed by atoms with Gasteiger partial charge in [0, 0.05) is 0 Å². The maximum atomic E-state index is 10.7. The lowest BCUT2D eigenvalue weighted by molar-refractivity contribution is -0.0668. The average molecular weight is 240 g/mol. The van der Waals surface area contributed by atoms with Gasteiger partial charge in [-0.2, -0.15) is 0 Å². The van der Waals surface area contributed by atoms with Crippen molar-refractivity contribution < 1.29 is 5.11 Å². The second kappa shape index (κ2) is 6.22. The summed E-state index contributed by atoms with van der Waals surface area (Å²) in [5, 5.41) is 10.7. The Kier molecular flexibility index (Phi) is 5.50. The molecule has 0 bridgehead atoms. The zero-order chi connectivity index (χ0) is 12.9. The first-order valence-corrected chi connectivity index (χ1v) is 7.61. The van der Waals surface area contributed by atoms with Crippen LogP contribution in [0.2, 0.25) is 0 Å². The van der Waals surface area contributed by atoms with Crippen molar-refractivity contribution in [1.29, 1.82) is 0 Å². The van der Waals surface area contributed by atoms with Crippen LogP contribution in [0.1, 0.15) is 85.5 Å². The molecule has 0 aromatic heterocycles. The Morgan fingerprint density at radius 1 is 1.00 bits per heavy atom. The van der Waals surface area contributed by atoms with Crippen molar-refractivity contribution in [1.82, 2.24) is 0 Å². The van der Waals surface area contributed by atoms with Gasteiger partial charge in [-0.25, -0.2) is 0 Å². The fraction of sp³-hybridized carbons (Fsp3) is 1.00. The Bertz CT molecular complexity index is 212. The molecule has 0 heterocycles. The molecule has 1 saturated carbocycles. The summed E-state index contributed by atoms with van der Waals surface area (Å²) in [6.45, 7) is 8.69. The van der Waals surface area contributed by atoms with E-state index >= 15 is 0 Å². The van der Waals surface area contributed by atoms with Gasteiger partial charge in [0.15, 0.2) is 0 Å². The van der Waals surface area contributed by atoms with E-state index in [-0.39, 0.29) is 5.41 Å². The molecule has 0 amide bonds. The highest BCUT2D eigenvalue weighted by Gasteiger charge is 2.38. The summed E-state index contributed by atoms with van der Waals surface area (Å²) in [4.78, 5) is 0. The van der Waals surface area contributed by atoms with Gasteiger partial charge in [-0.3, -0.25) is 0 Å². The van der Waals surface area contributed by atoms with E-state index in [1.54, 1.807) is 0 Å². The molecule has 102 valence electrons. The molecule has 0 saturated heterocycles. The first-order valence-electron chi connectivity index (χ1n) is 7.61. The Morgan fingerprint density at radius 3 is 2.12 bits per heavy atom. The second-order valence-electron chi connectivity index (χ2n) is 6.95. The third-order valence-electron chi connectivity index (χ3n) is 5.10. The molecule has 0 aliphatic heterocycles. The summed E-state index contributed by atoms with van der Waals surface area (Å²) in [7, 11) is 0. The van der Waals surface area contributed by atoms with E-state index in [0.29, 0.717) is 0 Å². The standard InChI is InChI=1S/C16H32O/c1-5-12-15(2,3)16(4,17)13-11-14-9-7-6-8-10-14/h14,17H,5-13H2,1-4H3. The van der Waals surface area contributed by atoms with Crippen LogP contribution in [0.15, 0.2) is 0 Å². The molecule has 0 aromatic rings. The highest BCUT2D eigenvalue weighted by Crippen LogP contribution is 2.40. The fourth-order valence-electron chi connectivity index (χ4n) is 3.19. The number of hydrogen-bond donors (Lipinski definition) is 1. The molecule has 1 fully saturated rings.